The van der Waals surface area contributed by atoms with Gasteiger partial charge in [-0.15, -0.1) is 6.58 Å². The molecule has 16 heavy (non-hydrogen) atoms. The molecule has 0 rings (SSSR count). The lowest BCUT2D eigenvalue weighted by atomic mass is 10.1. The molecule has 0 aromatic rings. The SMILES string of the molecule is C.C=C/C=C(\C=C/C)C(=C)/C=C\C.C=CC. The third-order valence-electron chi connectivity index (χ3n) is 1.38. The Bertz CT molecular complexity index is 272. The Morgan fingerprint density at radius 3 is 1.69 bits per heavy atom. The van der Waals surface area contributed by atoms with E-state index in [1.54, 1.807) is 12.2 Å². The fourth-order valence-electron chi connectivity index (χ4n) is 0.874. The fraction of sp³-hybridized carbons (Fsp3) is 0.250. The highest BCUT2D eigenvalue weighted by Gasteiger charge is 1.91. The van der Waals surface area contributed by atoms with Gasteiger partial charge in [-0.2, -0.15) is 0 Å². The molecule has 0 nitrogen and oxygen atoms in total. The lowest BCUT2D eigenvalue weighted by molar-refractivity contribution is 1.53. The second kappa shape index (κ2) is 15.9. The van der Waals surface area contributed by atoms with Gasteiger partial charge in [-0.05, 0) is 31.9 Å². The maximum Gasteiger partial charge on any atom is -0.0194 e. The summed E-state index contributed by atoms with van der Waals surface area (Å²) in [5, 5.41) is 0. The van der Waals surface area contributed by atoms with Crippen LogP contribution >= 0.6 is 0 Å². The summed E-state index contributed by atoms with van der Waals surface area (Å²) in [4.78, 5) is 0. The Hall–Kier alpha value is -1.56. The number of hydrogen-bond donors (Lipinski definition) is 0. The Morgan fingerprint density at radius 1 is 0.938 bits per heavy atom. The largest absolute Gasteiger partial charge is 0.103 e. The maximum absolute atomic E-state index is 3.93. The van der Waals surface area contributed by atoms with Gasteiger partial charge in [-0.25, -0.2) is 0 Å². The normalized spacial score (nSPS) is 10.3. The molecule has 0 aliphatic heterocycles. The third-order valence-corrected chi connectivity index (χ3v) is 1.38. The van der Waals surface area contributed by atoms with Crippen molar-refractivity contribution >= 4 is 0 Å². The summed E-state index contributed by atoms with van der Waals surface area (Å²) in [6.07, 6.45) is 13.4. The molecule has 0 radical (unpaired) electrons. The first-order chi connectivity index (χ1) is 7.17. The first-order valence-corrected chi connectivity index (χ1v) is 5.02. The molecule has 0 N–H and O–H groups in total. The summed E-state index contributed by atoms with van der Waals surface area (Å²) in [5.74, 6) is 0. The number of allylic oxidation sites excluding steroid dienone is 9. The molecule has 0 aliphatic rings. The van der Waals surface area contributed by atoms with Gasteiger partial charge in [0.15, 0.2) is 0 Å². The quantitative estimate of drug-likeness (QED) is 0.423. The van der Waals surface area contributed by atoms with Crippen molar-refractivity contribution in [3.63, 3.8) is 0 Å². The van der Waals surface area contributed by atoms with Gasteiger partial charge < -0.3 is 0 Å². The Labute approximate surface area is 102 Å². The van der Waals surface area contributed by atoms with Crippen LogP contribution in [0.4, 0.5) is 0 Å². The Balaban J connectivity index is -0.000000377. The molecule has 0 fully saturated rings. The molecule has 0 aromatic carbocycles. The predicted octanol–water partition coefficient (Wildman–Crippen LogP) is 5.64. The molecule has 0 aromatic heterocycles. The standard InChI is InChI=1S/C12H16.C3H6.CH4/c1-5-8-11(4)12(9-6-2)10-7-3;1-3-2;/h5-10H,2,4H2,1,3H3;3H,1H2,2H3;1H4/b8-5-,10-7-,12-9+;;. The molecule has 0 aliphatic carbocycles. The lowest BCUT2D eigenvalue weighted by Gasteiger charge is -1.98. The zero-order chi connectivity index (χ0) is 12.1. The molecule has 0 amide bonds. The molecule has 0 atom stereocenters. The summed E-state index contributed by atoms with van der Waals surface area (Å²) in [5.41, 5.74) is 2.11. The highest BCUT2D eigenvalue weighted by molar-refractivity contribution is 5.45. The van der Waals surface area contributed by atoms with Crippen molar-refractivity contribution in [1.82, 2.24) is 0 Å². The van der Waals surface area contributed by atoms with Crippen LogP contribution in [0.25, 0.3) is 0 Å². The van der Waals surface area contributed by atoms with Crippen molar-refractivity contribution in [2.45, 2.75) is 28.2 Å². The van der Waals surface area contributed by atoms with Crippen LogP contribution in [0.2, 0.25) is 0 Å². The minimum Gasteiger partial charge on any atom is -0.103 e. The van der Waals surface area contributed by atoms with Crippen molar-refractivity contribution < 1.29 is 0 Å². The summed E-state index contributed by atoms with van der Waals surface area (Å²) in [7, 11) is 0. The topological polar surface area (TPSA) is 0 Å². The Kier molecular flexibility index (Phi) is 19.8. The maximum atomic E-state index is 3.93. The molecular weight excluding hydrogens is 192 g/mol. The minimum atomic E-state index is 0. The smallest absolute Gasteiger partial charge is 0.0194 e. The monoisotopic (exact) mass is 218 g/mol. The average Bonchev–Trinajstić information content (AvgIpc) is 2.19. The van der Waals surface area contributed by atoms with E-state index in [9.17, 15) is 0 Å². The van der Waals surface area contributed by atoms with Crippen LogP contribution in [0.1, 0.15) is 28.2 Å². The van der Waals surface area contributed by atoms with Crippen LogP contribution in [-0.2, 0) is 0 Å². The van der Waals surface area contributed by atoms with E-state index in [1.807, 2.05) is 51.2 Å². The van der Waals surface area contributed by atoms with E-state index in [0.717, 1.165) is 11.1 Å². The van der Waals surface area contributed by atoms with Gasteiger partial charge in [0.05, 0.1) is 0 Å². The molecule has 0 saturated carbocycles. The van der Waals surface area contributed by atoms with Gasteiger partial charge in [0.2, 0.25) is 0 Å². The molecule has 0 heterocycles. The summed E-state index contributed by atoms with van der Waals surface area (Å²) in [6, 6.07) is 0. The van der Waals surface area contributed by atoms with Crippen LogP contribution in [0.3, 0.4) is 0 Å². The van der Waals surface area contributed by atoms with Crippen LogP contribution in [-0.4, -0.2) is 0 Å². The highest BCUT2D eigenvalue weighted by Crippen LogP contribution is 2.10. The first kappa shape index (κ1) is 19.9. The first-order valence-electron chi connectivity index (χ1n) is 5.02. The zero-order valence-electron chi connectivity index (χ0n) is 10.2. The predicted molar refractivity (Wildman–Crippen MR) is 79.7 cm³/mol. The fourth-order valence-corrected chi connectivity index (χ4v) is 0.874. The average molecular weight is 218 g/mol. The van der Waals surface area contributed by atoms with Gasteiger partial charge in [0.1, 0.15) is 0 Å². The molecule has 90 valence electrons. The van der Waals surface area contributed by atoms with Gasteiger partial charge in [-0.3, -0.25) is 0 Å². The zero-order valence-corrected chi connectivity index (χ0v) is 10.2. The summed E-state index contributed by atoms with van der Waals surface area (Å²) in [6.45, 7) is 16.8. The van der Waals surface area contributed by atoms with E-state index in [-0.39, 0.29) is 7.43 Å². The second-order valence-electron chi connectivity index (χ2n) is 2.79. The molecule has 0 unspecified atom stereocenters. The van der Waals surface area contributed by atoms with Crippen molar-refractivity contribution in [3.05, 3.63) is 73.4 Å². The highest BCUT2D eigenvalue weighted by atomic mass is 14.0. The van der Waals surface area contributed by atoms with Crippen molar-refractivity contribution in [2.75, 3.05) is 0 Å². The van der Waals surface area contributed by atoms with E-state index in [4.69, 9.17) is 0 Å². The van der Waals surface area contributed by atoms with E-state index in [2.05, 4.69) is 19.7 Å². The molecule has 0 spiro atoms. The molecule has 0 saturated heterocycles. The van der Waals surface area contributed by atoms with Gasteiger partial charge in [0, 0.05) is 0 Å². The summed E-state index contributed by atoms with van der Waals surface area (Å²) >= 11 is 0. The van der Waals surface area contributed by atoms with Crippen molar-refractivity contribution in [2.24, 2.45) is 0 Å². The second-order valence-corrected chi connectivity index (χ2v) is 2.79. The molecule has 0 bridgehead atoms. The van der Waals surface area contributed by atoms with Crippen LogP contribution in [0, 0.1) is 0 Å². The van der Waals surface area contributed by atoms with Crippen LogP contribution < -0.4 is 0 Å². The van der Waals surface area contributed by atoms with E-state index in [1.165, 1.54) is 0 Å². The van der Waals surface area contributed by atoms with E-state index in [0.29, 0.717) is 0 Å². The van der Waals surface area contributed by atoms with E-state index >= 15 is 0 Å². The number of hydrogen-bond acceptors (Lipinski definition) is 0. The van der Waals surface area contributed by atoms with Gasteiger partial charge in [0.25, 0.3) is 0 Å². The minimum absolute atomic E-state index is 0. The van der Waals surface area contributed by atoms with E-state index < -0.39 is 0 Å². The van der Waals surface area contributed by atoms with Crippen molar-refractivity contribution in [3.8, 4) is 0 Å². The third kappa shape index (κ3) is 12.4. The summed E-state index contributed by atoms with van der Waals surface area (Å²) < 4.78 is 0. The number of rotatable bonds is 4. The van der Waals surface area contributed by atoms with Gasteiger partial charge >= 0.3 is 0 Å². The molecule has 0 heteroatoms. The molecular formula is C16H26. The lowest BCUT2D eigenvalue weighted by Crippen LogP contribution is -1.79. The Morgan fingerprint density at radius 2 is 1.38 bits per heavy atom. The van der Waals surface area contributed by atoms with Crippen LogP contribution in [0.5, 0.6) is 0 Å². The van der Waals surface area contributed by atoms with Crippen LogP contribution in [0.15, 0.2) is 73.4 Å². The van der Waals surface area contributed by atoms with Gasteiger partial charge in [-0.1, -0.05) is 63.1 Å². The van der Waals surface area contributed by atoms with Crippen molar-refractivity contribution in [1.29, 1.82) is 0 Å².